The van der Waals surface area contributed by atoms with Crippen molar-refractivity contribution < 1.29 is 14.3 Å². The summed E-state index contributed by atoms with van der Waals surface area (Å²) in [4.78, 5) is 38.6. The van der Waals surface area contributed by atoms with Gasteiger partial charge in [0.25, 0.3) is 0 Å². The van der Waals surface area contributed by atoms with Crippen molar-refractivity contribution in [1.29, 1.82) is 0 Å². The highest BCUT2D eigenvalue weighted by Crippen LogP contribution is 2.40. The highest BCUT2D eigenvalue weighted by atomic mass is 16.6. The predicted molar refractivity (Wildman–Crippen MR) is 138 cm³/mol. The minimum Gasteiger partial charge on any atom is -0.444 e. The highest BCUT2D eigenvalue weighted by Gasteiger charge is 2.32. The molecule has 1 aliphatic carbocycles. The summed E-state index contributed by atoms with van der Waals surface area (Å²) in [5.74, 6) is 1.88. The highest BCUT2D eigenvalue weighted by molar-refractivity contribution is 5.88. The summed E-state index contributed by atoms with van der Waals surface area (Å²) in [7, 11) is 1.65. The maximum Gasteiger partial charge on any atom is 0.415 e. The first kappa shape index (κ1) is 24.2. The monoisotopic (exact) mass is 490 g/mol. The Balaban J connectivity index is 1.26. The van der Waals surface area contributed by atoms with Gasteiger partial charge >= 0.3 is 6.09 Å². The van der Waals surface area contributed by atoms with Gasteiger partial charge in [0.2, 0.25) is 11.9 Å². The molecule has 2 atom stereocenters. The molecule has 2 fully saturated rings. The first-order valence-electron chi connectivity index (χ1n) is 12.7. The topological polar surface area (TPSA) is 90.9 Å². The third kappa shape index (κ3) is 5.21. The normalized spacial score (nSPS) is 19.8. The average molecular weight is 491 g/mol. The maximum absolute atomic E-state index is 12.0. The Labute approximate surface area is 212 Å². The zero-order valence-corrected chi connectivity index (χ0v) is 21.0. The second kappa shape index (κ2) is 10.3. The number of piperazine rings is 1. The second-order valence-corrected chi connectivity index (χ2v) is 9.95. The van der Waals surface area contributed by atoms with E-state index in [0.29, 0.717) is 17.8 Å². The number of ether oxygens (including phenoxy) is 1. The summed E-state index contributed by atoms with van der Waals surface area (Å²) in [6.45, 7) is 9.15. The lowest BCUT2D eigenvalue weighted by Crippen LogP contribution is -2.49. The second-order valence-electron chi connectivity index (χ2n) is 9.95. The van der Waals surface area contributed by atoms with E-state index in [2.05, 4.69) is 58.0 Å². The third-order valence-electron chi connectivity index (χ3n) is 7.45. The minimum atomic E-state index is -0.412. The Morgan fingerprint density at radius 3 is 2.56 bits per heavy atom. The van der Waals surface area contributed by atoms with E-state index < -0.39 is 6.09 Å². The molecular formula is C27H34N6O3. The lowest BCUT2D eigenvalue weighted by molar-refractivity contribution is -0.128. The smallest absolute Gasteiger partial charge is 0.415 e. The minimum absolute atomic E-state index is 0.00621. The van der Waals surface area contributed by atoms with E-state index in [1.165, 1.54) is 35.8 Å². The molecule has 2 aromatic rings. The fourth-order valence-electron chi connectivity index (χ4n) is 5.01. The molecule has 2 amide bonds. The molecule has 5 rings (SSSR count). The Morgan fingerprint density at radius 1 is 1.19 bits per heavy atom. The van der Waals surface area contributed by atoms with Crippen LogP contribution in [0.1, 0.15) is 55.0 Å². The van der Waals surface area contributed by atoms with E-state index in [1.54, 1.807) is 13.2 Å². The number of cyclic esters (lactones) is 1. The molecule has 9 nitrogen and oxygen atoms in total. The van der Waals surface area contributed by atoms with Crippen LogP contribution in [0.2, 0.25) is 0 Å². The van der Waals surface area contributed by atoms with Crippen LogP contribution in [-0.2, 0) is 16.1 Å². The van der Waals surface area contributed by atoms with E-state index in [9.17, 15) is 9.59 Å². The van der Waals surface area contributed by atoms with Crippen molar-refractivity contribution in [1.82, 2.24) is 19.8 Å². The fraction of sp³-hybridized carbons (Fsp3) is 0.481. The van der Waals surface area contributed by atoms with Crippen LogP contribution in [-0.4, -0.2) is 65.0 Å². The molecule has 36 heavy (non-hydrogen) atoms. The van der Waals surface area contributed by atoms with Crippen LogP contribution in [0, 0.1) is 5.92 Å². The van der Waals surface area contributed by atoms with Crippen LogP contribution >= 0.6 is 0 Å². The third-order valence-corrected chi connectivity index (χ3v) is 7.45. The van der Waals surface area contributed by atoms with E-state index in [-0.39, 0.29) is 18.6 Å². The van der Waals surface area contributed by atoms with Crippen LogP contribution in [0.3, 0.4) is 0 Å². The molecule has 190 valence electrons. The van der Waals surface area contributed by atoms with Gasteiger partial charge in [0, 0.05) is 45.5 Å². The van der Waals surface area contributed by atoms with Gasteiger partial charge in [0.05, 0.1) is 11.6 Å². The first-order chi connectivity index (χ1) is 17.4. The Bertz CT molecular complexity index is 1120. The van der Waals surface area contributed by atoms with Gasteiger partial charge in [-0.2, -0.15) is 4.98 Å². The molecule has 1 saturated heterocycles. The molecule has 0 spiro atoms. The number of carbonyl (C=O) groups excluding carboxylic acids is 2. The van der Waals surface area contributed by atoms with Crippen LogP contribution in [0.15, 0.2) is 43.1 Å². The molecule has 1 aromatic heterocycles. The van der Waals surface area contributed by atoms with E-state index in [0.717, 1.165) is 43.2 Å². The Hall–Kier alpha value is -3.46. The number of hydrogen-bond acceptors (Lipinski definition) is 7. The number of anilines is 2. The Kier molecular flexibility index (Phi) is 6.91. The number of nitrogens with one attached hydrogen (secondary N) is 1. The number of amides is 2. The molecule has 0 radical (unpaired) electrons. The lowest BCUT2D eigenvalue weighted by Gasteiger charge is -2.39. The molecule has 2 unspecified atom stereocenters. The predicted octanol–water partition coefficient (Wildman–Crippen LogP) is 3.91. The number of hydrogen-bond donors (Lipinski definition) is 1. The molecule has 3 aliphatic rings. The van der Waals surface area contributed by atoms with Crippen molar-refractivity contribution >= 4 is 23.8 Å². The van der Waals surface area contributed by atoms with Crippen LogP contribution in [0.4, 0.5) is 16.6 Å². The van der Waals surface area contributed by atoms with Gasteiger partial charge in [-0.1, -0.05) is 43.7 Å². The van der Waals surface area contributed by atoms with Crippen LogP contribution in [0.5, 0.6) is 0 Å². The van der Waals surface area contributed by atoms with Crippen LogP contribution < -0.4 is 10.2 Å². The number of nitrogens with zero attached hydrogens (tertiary/aromatic N) is 5. The van der Waals surface area contributed by atoms with Gasteiger partial charge in [0.1, 0.15) is 12.4 Å². The molecule has 1 N–H and O–H groups in total. The molecular weight excluding hydrogens is 456 g/mol. The zero-order valence-electron chi connectivity index (χ0n) is 21.0. The molecule has 1 saturated carbocycles. The maximum atomic E-state index is 12.0. The van der Waals surface area contributed by atoms with Gasteiger partial charge in [-0.05, 0) is 36.5 Å². The molecule has 3 heterocycles. The van der Waals surface area contributed by atoms with Crippen molar-refractivity contribution in [2.75, 3.05) is 43.4 Å². The number of benzene rings is 1. The van der Waals surface area contributed by atoms with E-state index in [4.69, 9.17) is 4.74 Å². The van der Waals surface area contributed by atoms with Crippen molar-refractivity contribution in [3.05, 3.63) is 59.8 Å². The van der Waals surface area contributed by atoms with Gasteiger partial charge in [-0.25, -0.2) is 9.78 Å². The average Bonchev–Trinajstić information content (AvgIpc) is 3.74. The van der Waals surface area contributed by atoms with Crippen molar-refractivity contribution in [3.8, 4) is 0 Å². The van der Waals surface area contributed by atoms with Gasteiger partial charge in [0.15, 0.2) is 0 Å². The van der Waals surface area contributed by atoms with Gasteiger partial charge < -0.3 is 15.0 Å². The molecule has 9 heteroatoms. The van der Waals surface area contributed by atoms with E-state index in [1.807, 2.05) is 4.90 Å². The van der Waals surface area contributed by atoms with Crippen molar-refractivity contribution in [3.63, 3.8) is 0 Å². The van der Waals surface area contributed by atoms with Crippen molar-refractivity contribution in [2.24, 2.45) is 5.92 Å². The summed E-state index contributed by atoms with van der Waals surface area (Å²) in [5.41, 5.74) is 3.25. The van der Waals surface area contributed by atoms with Gasteiger partial charge in [-0.15, -0.1) is 0 Å². The quantitative estimate of drug-likeness (QED) is 0.561. The summed E-state index contributed by atoms with van der Waals surface area (Å²) >= 11 is 0. The number of carbonyl (C=O) groups is 2. The molecule has 0 bridgehead atoms. The van der Waals surface area contributed by atoms with Gasteiger partial charge in [-0.3, -0.25) is 14.6 Å². The molecule has 2 aliphatic heterocycles. The van der Waals surface area contributed by atoms with Crippen LogP contribution in [0.25, 0.3) is 0 Å². The fourth-order valence-corrected chi connectivity index (χ4v) is 5.01. The number of rotatable bonds is 8. The van der Waals surface area contributed by atoms with E-state index >= 15 is 0 Å². The number of fused-ring (bicyclic) bond motifs is 1. The summed E-state index contributed by atoms with van der Waals surface area (Å²) < 4.78 is 5.09. The zero-order chi connectivity index (χ0) is 25.2. The summed E-state index contributed by atoms with van der Waals surface area (Å²) in [5, 5.41) is 3.36. The summed E-state index contributed by atoms with van der Waals surface area (Å²) in [6.07, 6.45) is 6.50. The molecule has 1 aromatic carbocycles. The first-order valence-corrected chi connectivity index (χ1v) is 12.7. The largest absolute Gasteiger partial charge is 0.444 e. The SMILES string of the molecule is C=CC(=O)N1CCN(C(CC2CC2)c2ccc(C(C)Nc3ncc4c(n3)N(C)C(=O)OC4)cc2)CC1. The summed E-state index contributed by atoms with van der Waals surface area (Å²) in [6, 6.07) is 9.18. The standard InChI is InChI=1S/C27H34N6O3/c1-4-24(34)33-13-11-32(12-14-33)23(15-19-5-6-19)21-9-7-20(8-10-21)18(2)29-26-28-16-22-17-36-27(35)31(3)25(22)30-26/h4,7-10,16,18-19,23H,1,5-6,11-15,17H2,2-3H3,(H,28,29,30). The lowest BCUT2D eigenvalue weighted by atomic mass is 9.96. The van der Waals surface area contributed by atoms with Crippen molar-refractivity contribution in [2.45, 2.75) is 44.9 Å². The number of aromatic nitrogens is 2. The Morgan fingerprint density at radius 2 is 1.89 bits per heavy atom.